The molecule has 0 radical (unpaired) electrons. The van der Waals surface area contributed by atoms with Gasteiger partial charge in [-0.15, -0.1) is 0 Å². The summed E-state index contributed by atoms with van der Waals surface area (Å²) >= 11 is 0. The fourth-order valence-corrected chi connectivity index (χ4v) is 2.27. The standard InChI is InChI=1S/C15H10N2O3/c16-15(19)20-17-13-11-7-3-1-5-9(11)10-6-2-4-8-12(10)14(13)18/h1-8H,(H2,16,19). The van der Waals surface area contributed by atoms with Gasteiger partial charge in [0.25, 0.3) is 0 Å². The number of ketones is 1. The maximum atomic E-state index is 12.4. The van der Waals surface area contributed by atoms with Gasteiger partial charge in [-0.3, -0.25) is 9.63 Å². The second kappa shape index (κ2) is 4.62. The predicted molar refractivity (Wildman–Crippen MR) is 73.4 cm³/mol. The molecule has 1 amide bonds. The first-order valence-electron chi connectivity index (χ1n) is 5.96. The van der Waals surface area contributed by atoms with Crippen LogP contribution in [0, 0.1) is 0 Å². The van der Waals surface area contributed by atoms with Crippen molar-refractivity contribution in [3.63, 3.8) is 0 Å². The highest BCUT2D eigenvalue weighted by atomic mass is 16.7. The molecule has 0 saturated heterocycles. The van der Waals surface area contributed by atoms with E-state index in [0.717, 1.165) is 11.1 Å². The lowest BCUT2D eigenvalue weighted by molar-refractivity contribution is 0.106. The number of Topliss-reactive ketones (excluding diaryl/α,β-unsaturated/α-hetero) is 1. The largest absolute Gasteiger partial charge is 0.430 e. The van der Waals surface area contributed by atoms with Gasteiger partial charge in [0, 0.05) is 11.1 Å². The van der Waals surface area contributed by atoms with Crippen molar-refractivity contribution in [2.45, 2.75) is 0 Å². The lowest BCUT2D eigenvalue weighted by Gasteiger charge is -2.19. The van der Waals surface area contributed by atoms with E-state index in [1.165, 1.54) is 0 Å². The number of oxime groups is 1. The summed E-state index contributed by atoms with van der Waals surface area (Å²) in [4.78, 5) is 27.5. The Balaban J connectivity index is 2.24. The second-order valence-electron chi connectivity index (χ2n) is 4.27. The van der Waals surface area contributed by atoms with Crippen LogP contribution in [0.15, 0.2) is 53.7 Å². The molecule has 0 spiro atoms. The van der Waals surface area contributed by atoms with Crippen molar-refractivity contribution >= 4 is 17.6 Å². The first-order chi connectivity index (χ1) is 9.68. The first kappa shape index (κ1) is 12.1. The number of fused-ring (bicyclic) bond motifs is 3. The molecule has 0 aliphatic heterocycles. The van der Waals surface area contributed by atoms with Gasteiger partial charge in [0.2, 0.25) is 5.78 Å². The van der Waals surface area contributed by atoms with Crippen molar-refractivity contribution in [3.8, 4) is 11.1 Å². The van der Waals surface area contributed by atoms with Gasteiger partial charge in [0.15, 0.2) is 5.71 Å². The number of benzene rings is 2. The van der Waals surface area contributed by atoms with E-state index in [0.29, 0.717) is 11.1 Å². The number of nitrogens with zero attached hydrogens (tertiary/aromatic N) is 1. The highest BCUT2D eigenvalue weighted by molar-refractivity contribution is 6.54. The highest BCUT2D eigenvalue weighted by Crippen LogP contribution is 2.33. The molecule has 0 fully saturated rings. The van der Waals surface area contributed by atoms with Crippen LogP contribution in [-0.2, 0) is 4.84 Å². The van der Waals surface area contributed by atoms with E-state index in [9.17, 15) is 9.59 Å². The molecule has 20 heavy (non-hydrogen) atoms. The van der Waals surface area contributed by atoms with E-state index in [-0.39, 0.29) is 11.5 Å². The van der Waals surface area contributed by atoms with E-state index in [4.69, 9.17) is 5.73 Å². The van der Waals surface area contributed by atoms with Crippen LogP contribution in [0.3, 0.4) is 0 Å². The lowest BCUT2D eigenvalue weighted by Crippen LogP contribution is -2.23. The van der Waals surface area contributed by atoms with Crippen LogP contribution in [-0.4, -0.2) is 17.6 Å². The third-order valence-corrected chi connectivity index (χ3v) is 3.09. The van der Waals surface area contributed by atoms with Crippen molar-refractivity contribution in [1.29, 1.82) is 0 Å². The molecular weight excluding hydrogens is 256 g/mol. The van der Waals surface area contributed by atoms with E-state index >= 15 is 0 Å². The minimum absolute atomic E-state index is 0.0816. The van der Waals surface area contributed by atoms with E-state index in [1.54, 1.807) is 24.3 Å². The van der Waals surface area contributed by atoms with Crippen LogP contribution in [0.25, 0.3) is 11.1 Å². The smallest absolute Gasteiger partial charge is 0.333 e. The van der Waals surface area contributed by atoms with Crippen molar-refractivity contribution in [1.82, 2.24) is 0 Å². The summed E-state index contributed by atoms with van der Waals surface area (Å²) in [6.45, 7) is 0. The van der Waals surface area contributed by atoms with Gasteiger partial charge in [0.1, 0.15) is 0 Å². The summed E-state index contributed by atoms with van der Waals surface area (Å²) in [5.74, 6) is -0.291. The number of carbonyl (C=O) groups is 2. The normalized spacial score (nSPS) is 14.6. The van der Waals surface area contributed by atoms with Gasteiger partial charge in [0.05, 0.1) is 0 Å². The Morgan fingerprint density at radius 1 is 0.900 bits per heavy atom. The fourth-order valence-electron chi connectivity index (χ4n) is 2.27. The van der Waals surface area contributed by atoms with Gasteiger partial charge in [-0.2, -0.15) is 0 Å². The number of rotatable bonds is 1. The summed E-state index contributed by atoms with van der Waals surface area (Å²) in [5, 5.41) is 3.60. The molecule has 2 aromatic rings. The highest BCUT2D eigenvalue weighted by Gasteiger charge is 2.28. The molecule has 2 N–H and O–H groups in total. The minimum Gasteiger partial charge on any atom is -0.333 e. The number of hydrogen-bond donors (Lipinski definition) is 1. The molecular formula is C15H10N2O3. The Bertz CT molecular complexity index is 750. The van der Waals surface area contributed by atoms with Crippen LogP contribution in [0.5, 0.6) is 0 Å². The molecule has 3 rings (SSSR count). The van der Waals surface area contributed by atoms with E-state index in [1.807, 2.05) is 24.3 Å². The minimum atomic E-state index is -1.05. The molecule has 5 nitrogen and oxygen atoms in total. The number of primary amides is 1. The topological polar surface area (TPSA) is 81.8 Å². The summed E-state index contributed by atoms with van der Waals surface area (Å²) in [7, 11) is 0. The Kier molecular flexibility index (Phi) is 2.80. The van der Waals surface area contributed by atoms with Gasteiger partial charge >= 0.3 is 6.09 Å². The van der Waals surface area contributed by atoms with Gasteiger partial charge in [-0.05, 0) is 11.1 Å². The Labute approximate surface area is 114 Å². The molecule has 0 aromatic heterocycles. The predicted octanol–water partition coefficient (Wildman–Crippen LogP) is 2.35. The average molecular weight is 266 g/mol. The van der Waals surface area contributed by atoms with Crippen molar-refractivity contribution < 1.29 is 14.4 Å². The van der Waals surface area contributed by atoms with Crippen LogP contribution in [0.4, 0.5) is 4.79 Å². The quantitative estimate of drug-likeness (QED) is 0.635. The third kappa shape index (κ3) is 1.85. The molecule has 1 aliphatic carbocycles. The molecule has 1 aliphatic rings. The lowest BCUT2D eigenvalue weighted by atomic mass is 9.83. The van der Waals surface area contributed by atoms with Crippen LogP contribution < -0.4 is 5.73 Å². The monoisotopic (exact) mass is 266 g/mol. The van der Waals surface area contributed by atoms with Crippen molar-refractivity contribution in [2.24, 2.45) is 10.9 Å². The second-order valence-corrected chi connectivity index (χ2v) is 4.27. The summed E-state index contributed by atoms with van der Waals surface area (Å²) in [6.07, 6.45) is -1.05. The first-order valence-corrected chi connectivity index (χ1v) is 5.96. The van der Waals surface area contributed by atoms with E-state index < -0.39 is 6.09 Å². The summed E-state index contributed by atoms with van der Waals surface area (Å²) < 4.78 is 0. The molecule has 5 heteroatoms. The molecule has 2 aromatic carbocycles. The van der Waals surface area contributed by atoms with E-state index in [2.05, 4.69) is 9.99 Å². The third-order valence-electron chi connectivity index (χ3n) is 3.09. The molecule has 98 valence electrons. The Hall–Kier alpha value is -2.95. The van der Waals surface area contributed by atoms with Crippen LogP contribution in [0.1, 0.15) is 15.9 Å². The Morgan fingerprint density at radius 3 is 2.00 bits per heavy atom. The Morgan fingerprint density at radius 2 is 1.40 bits per heavy atom. The molecule has 0 heterocycles. The summed E-state index contributed by atoms with van der Waals surface area (Å²) in [5.41, 5.74) is 7.83. The number of nitrogens with two attached hydrogens (primary N) is 1. The van der Waals surface area contributed by atoms with Crippen molar-refractivity contribution in [3.05, 3.63) is 59.7 Å². The molecule has 0 atom stereocenters. The van der Waals surface area contributed by atoms with Crippen LogP contribution >= 0.6 is 0 Å². The van der Waals surface area contributed by atoms with Crippen molar-refractivity contribution in [2.75, 3.05) is 0 Å². The fraction of sp³-hybridized carbons (Fsp3) is 0. The molecule has 0 unspecified atom stereocenters. The maximum Gasteiger partial charge on any atom is 0.430 e. The van der Waals surface area contributed by atoms with Gasteiger partial charge in [-0.1, -0.05) is 53.7 Å². The number of carbonyl (C=O) groups excluding carboxylic acids is 2. The average Bonchev–Trinajstić information content (AvgIpc) is 2.47. The zero-order valence-corrected chi connectivity index (χ0v) is 10.4. The van der Waals surface area contributed by atoms with Gasteiger partial charge < -0.3 is 5.73 Å². The van der Waals surface area contributed by atoms with Crippen LogP contribution in [0.2, 0.25) is 0 Å². The van der Waals surface area contributed by atoms with Gasteiger partial charge in [-0.25, -0.2) is 4.79 Å². The summed E-state index contributed by atoms with van der Waals surface area (Å²) in [6, 6.07) is 14.5. The SMILES string of the molecule is NC(=O)ON=C1C(=O)c2ccccc2-c2ccccc21. The molecule has 0 bridgehead atoms. The number of hydrogen-bond acceptors (Lipinski definition) is 4. The maximum absolute atomic E-state index is 12.4. The zero-order valence-electron chi connectivity index (χ0n) is 10.4. The zero-order chi connectivity index (χ0) is 14.1. The number of amides is 1. The molecule has 0 saturated carbocycles.